The average molecular weight is 328 g/mol. The van der Waals surface area contributed by atoms with E-state index in [-0.39, 0.29) is 11.9 Å². The number of alkyl halides is 3. The molecule has 1 aromatic heterocycles. The Labute approximate surface area is 132 Å². The van der Waals surface area contributed by atoms with Gasteiger partial charge in [-0.2, -0.15) is 13.2 Å². The molecule has 0 radical (unpaired) electrons. The van der Waals surface area contributed by atoms with Crippen LogP contribution in [-0.4, -0.2) is 35.6 Å². The smallest absolute Gasteiger partial charge is 0.356 e. The Kier molecular flexibility index (Phi) is 3.95. The van der Waals surface area contributed by atoms with Crippen LogP contribution in [0.5, 0.6) is 0 Å². The summed E-state index contributed by atoms with van der Waals surface area (Å²) < 4.78 is 37.6. The molecule has 1 aliphatic carbocycles. The van der Waals surface area contributed by atoms with Crippen LogP contribution in [0.1, 0.15) is 31.2 Å². The number of carbonyl (C=O) groups is 1. The molecule has 1 aromatic rings. The van der Waals surface area contributed by atoms with Crippen LogP contribution in [-0.2, 0) is 11.0 Å². The van der Waals surface area contributed by atoms with Gasteiger partial charge in [-0.05, 0) is 37.8 Å². The quantitative estimate of drug-likeness (QED) is 0.885. The van der Waals surface area contributed by atoms with E-state index in [1.807, 2.05) is 4.90 Å². The van der Waals surface area contributed by atoms with Crippen molar-refractivity contribution >= 4 is 11.7 Å². The maximum atomic E-state index is 12.5. The van der Waals surface area contributed by atoms with Gasteiger partial charge in [0.25, 0.3) is 0 Å². The van der Waals surface area contributed by atoms with Crippen LogP contribution in [0, 0.1) is 0 Å². The van der Waals surface area contributed by atoms with Crippen LogP contribution in [0.15, 0.2) is 18.3 Å². The third-order valence-electron chi connectivity index (χ3n) is 4.47. The largest absolute Gasteiger partial charge is 0.417 e. The van der Waals surface area contributed by atoms with Crippen LogP contribution < -0.4 is 16.0 Å². The predicted molar refractivity (Wildman–Crippen MR) is 78.8 cm³/mol. The SMILES string of the molecule is NC1(C(=O)NC2CCN(c3ccc(C(F)(F)F)cn3)CC2)CC1. The van der Waals surface area contributed by atoms with Crippen molar-refractivity contribution in [3.63, 3.8) is 0 Å². The second kappa shape index (κ2) is 5.67. The second-order valence-corrected chi connectivity index (χ2v) is 6.29. The highest BCUT2D eigenvalue weighted by atomic mass is 19.4. The first-order chi connectivity index (χ1) is 10.8. The van der Waals surface area contributed by atoms with E-state index in [0.29, 0.717) is 18.9 Å². The molecule has 1 saturated heterocycles. The summed E-state index contributed by atoms with van der Waals surface area (Å²) in [7, 11) is 0. The van der Waals surface area contributed by atoms with E-state index in [1.54, 1.807) is 0 Å². The van der Waals surface area contributed by atoms with Gasteiger partial charge in [0.1, 0.15) is 5.82 Å². The van der Waals surface area contributed by atoms with Gasteiger partial charge >= 0.3 is 6.18 Å². The molecule has 0 aromatic carbocycles. The molecule has 1 saturated carbocycles. The van der Waals surface area contributed by atoms with E-state index in [2.05, 4.69) is 10.3 Å². The lowest BCUT2D eigenvalue weighted by Gasteiger charge is -2.33. The summed E-state index contributed by atoms with van der Waals surface area (Å²) in [4.78, 5) is 17.7. The van der Waals surface area contributed by atoms with Gasteiger partial charge in [0, 0.05) is 25.3 Å². The van der Waals surface area contributed by atoms with Crippen molar-refractivity contribution in [2.75, 3.05) is 18.0 Å². The Morgan fingerprint density at radius 2 is 1.96 bits per heavy atom. The number of nitrogens with zero attached hydrogens (tertiary/aromatic N) is 2. The first-order valence-corrected chi connectivity index (χ1v) is 7.66. The summed E-state index contributed by atoms with van der Waals surface area (Å²) in [6.07, 6.45) is -0.604. The fraction of sp³-hybridized carbons (Fsp3) is 0.600. The molecular weight excluding hydrogens is 309 g/mol. The summed E-state index contributed by atoms with van der Waals surface area (Å²) in [6.45, 7) is 1.28. The number of piperidine rings is 1. The molecule has 2 fully saturated rings. The first kappa shape index (κ1) is 16.0. The maximum Gasteiger partial charge on any atom is 0.417 e. The summed E-state index contributed by atoms with van der Waals surface area (Å²) in [5.41, 5.74) is 4.43. The average Bonchev–Trinajstić information content (AvgIpc) is 3.27. The number of halogens is 3. The highest BCUT2D eigenvalue weighted by molar-refractivity contribution is 5.89. The molecule has 0 bridgehead atoms. The van der Waals surface area contributed by atoms with Crippen molar-refractivity contribution in [1.29, 1.82) is 0 Å². The fourth-order valence-electron chi connectivity index (χ4n) is 2.68. The van der Waals surface area contributed by atoms with Crippen molar-refractivity contribution in [2.24, 2.45) is 5.73 Å². The maximum absolute atomic E-state index is 12.5. The Morgan fingerprint density at radius 3 is 2.43 bits per heavy atom. The lowest BCUT2D eigenvalue weighted by Crippen LogP contribution is -2.50. The summed E-state index contributed by atoms with van der Waals surface area (Å²) >= 11 is 0. The topological polar surface area (TPSA) is 71.2 Å². The summed E-state index contributed by atoms with van der Waals surface area (Å²) in [6, 6.07) is 2.50. The molecule has 3 N–H and O–H groups in total. The summed E-state index contributed by atoms with van der Waals surface area (Å²) in [5.74, 6) is 0.434. The molecule has 5 nitrogen and oxygen atoms in total. The molecule has 0 spiro atoms. The van der Waals surface area contributed by atoms with E-state index in [0.717, 1.165) is 37.9 Å². The van der Waals surface area contributed by atoms with Crippen molar-refractivity contribution < 1.29 is 18.0 Å². The Bertz CT molecular complexity index is 575. The number of hydrogen-bond acceptors (Lipinski definition) is 4. The van der Waals surface area contributed by atoms with E-state index < -0.39 is 17.3 Å². The van der Waals surface area contributed by atoms with E-state index in [4.69, 9.17) is 5.73 Å². The van der Waals surface area contributed by atoms with Crippen molar-refractivity contribution in [1.82, 2.24) is 10.3 Å². The zero-order chi connectivity index (χ0) is 16.7. The molecular formula is C15H19F3N4O. The van der Waals surface area contributed by atoms with Gasteiger partial charge in [-0.3, -0.25) is 4.79 Å². The van der Waals surface area contributed by atoms with Crippen LogP contribution in [0.3, 0.4) is 0 Å². The molecule has 3 rings (SSSR count). The number of rotatable bonds is 3. The molecule has 8 heteroatoms. The van der Waals surface area contributed by atoms with Crippen LogP contribution in [0.4, 0.5) is 19.0 Å². The van der Waals surface area contributed by atoms with Gasteiger partial charge in [-0.25, -0.2) is 4.98 Å². The van der Waals surface area contributed by atoms with Gasteiger partial charge in [0.05, 0.1) is 11.1 Å². The molecule has 0 atom stereocenters. The molecule has 0 unspecified atom stereocenters. The highest BCUT2D eigenvalue weighted by Gasteiger charge is 2.46. The van der Waals surface area contributed by atoms with E-state index in [1.165, 1.54) is 6.07 Å². The minimum atomic E-state index is -4.37. The summed E-state index contributed by atoms with van der Waals surface area (Å²) in [5, 5.41) is 2.96. The Morgan fingerprint density at radius 1 is 1.30 bits per heavy atom. The lowest BCUT2D eigenvalue weighted by molar-refractivity contribution is -0.137. The van der Waals surface area contributed by atoms with Crippen LogP contribution in [0.25, 0.3) is 0 Å². The van der Waals surface area contributed by atoms with Crippen LogP contribution >= 0.6 is 0 Å². The minimum Gasteiger partial charge on any atom is -0.356 e. The number of carbonyl (C=O) groups excluding carboxylic acids is 1. The first-order valence-electron chi connectivity index (χ1n) is 7.66. The van der Waals surface area contributed by atoms with Gasteiger partial charge < -0.3 is 16.0 Å². The third-order valence-corrected chi connectivity index (χ3v) is 4.47. The monoisotopic (exact) mass is 328 g/mol. The lowest BCUT2D eigenvalue weighted by atomic mass is 10.0. The number of hydrogen-bond donors (Lipinski definition) is 2. The van der Waals surface area contributed by atoms with Crippen LogP contribution in [0.2, 0.25) is 0 Å². The van der Waals surface area contributed by atoms with Crippen molar-refractivity contribution in [3.05, 3.63) is 23.9 Å². The molecule has 2 heterocycles. The molecule has 2 aliphatic rings. The third kappa shape index (κ3) is 3.57. The number of pyridine rings is 1. The Hall–Kier alpha value is -1.83. The minimum absolute atomic E-state index is 0.0641. The molecule has 23 heavy (non-hydrogen) atoms. The van der Waals surface area contributed by atoms with E-state index in [9.17, 15) is 18.0 Å². The number of nitrogens with one attached hydrogen (secondary N) is 1. The van der Waals surface area contributed by atoms with Crippen molar-refractivity contribution in [3.8, 4) is 0 Å². The van der Waals surface area contributed by atoms with E-state index >= 15 is 0 Å². The predicted octanol–water partition coefficient (Wildman–Crippen LogP) is 1.68. The van der Waals surface area contributed by atoms with Gasteiger partial charge in [-0.15, -0.1) is 0 Å². The van der Waals surface area contributed by atoms with Gasteiger partial charge in [-0.1, -0.05) is 0 Å². The zero-order valence-corrected chi connectivity index (χ0v) is 12.6. The fourth-order valence-corrected chi connectivity index (χ4v) is 2.68. The molecule has 126 valence electrons. The number of amides is 1. The zero-order valence-electron chi connectivity index (χ0n) is 12.6. The molecule has 1 aliphatic heterocycles. The standard InChI is InChI=1S/C15H19F3N4O/c16-15(17,18)10-1-2-12(20-9-10)22-7-3-11(4-8-22)21-13(23)14(19)5-6-14/h1-2,9,11H,3-8,19H2,(H,21,23). The van der Waals surface area contributed by atoms with Crippen molar-refractivity contribution in [2.45, 2.75) is 43.4 Å². The highest BCUT2D eigenvalue weighted by Crippen LogP contribution is 2.33. The number of nitrogens with two attached hydrogens (primary N) is 1. The number of aromatic nitrogens is 1. The molecule has 1 amide bonds. The van der Waals surface area contributed by atoms with Gasteiger partial charge in [0.15, 0.2) is 0 Å². The second-order valence-electron chi connectivity index (χ2n) is 6.29. The Balaban J connectivity index is 1.53. The number of anilines is 1. The normalized spacial score (nSPS) is 21.1. The van der Waals surface area contributed by atoms with Gasteiger partial charge in [0.2, 0.25) is 5.91 Å².